The summed E-state index contributed by atoms with van der Waals surface area (Å²) in [6, 6.07) is 6.56. The number of ether oxygens (including phenoxy) is 1. The Hall–Kier alpha value is -2.47. The third-order valence-electron chi connectivity index (χ3n) is 2.41. The van der Waals surface area contributed by atoms with Crippen LogP contribution in [-0.4, -0.2) is 23.5 Å². The summed E-state index contributed by atoms with van der Waals surface area (Å²) in [5.41, 5.74) is 11.0. The van der Waals surface area contributed by atoms with Crippen molar-refractivity contribution >= 4 is 28.5 Å². The van der Waals surface area contributed by atoms with Crippen LogP contribution in [-0.2, 0) is 9.53 Å². The quantitative estimate of drug-likeness (QED) is 0.587. The van der Waals surface area contributed by atoms with Gasteiger partial charge in [0.15, 0.2) is 0 Å². The fraction of sp³-hybridized carbons (Fsp3) is 0.0833. The molecule has 18 heavy (non-hydrogen) atoms. The highest BCUT2D eigenvalue weighted by molar-refractivity contribution is 6.02. The molecule has 1 heterocycles. The molecular weight excluding hydrogens is 234 g/mol. The second kappa shape index (κ2) is 4.80. The maximum absolute atomic E-state index is 11.6. The van der Waals surface area contributed by atoms with Gasteiger partial charge in [-0.15, -0.1) is 0 Å². The number of pyridine rings is 1. The predicted octanol–water partition coefficient (Wildman–Crippen LogP) is 0.459. The van der Waals surface area contributed by atoms with Gasteiger partial charge in [-0.1, -0.05) is 6.07 Å². The fourth-order valence-electron chi connectivity index (χ4n) is 1.52. The smallest absolute Gasteiger partial charge is 0.345 e. The molecule has 0 saturated carbocycles. The zero-order valence-corrected chi connectivity index (χ0v) is 9.42. The molecule has 0 amide bonds. The monoisotopic (exact) mass is 245 g/mol. The van der Waals surface area contributed by atoms with E-state index in [-0.39, 0.29) is 12.1 Å². The second-order valence-electron chi connectivity index (χ2n) is 3.60. The van der Waals surface area contributed by atoms with E-state index in [2.05, 4.69) is 9.72 Å². The Morgan fingerprint density at radius 1 is 1.28 bits per heavy atom. The molecule has 0 atom stereocenters. The van der Waals surface area contributed by atoms with E-state index in [4.69, 9.17) is 11.5 Å². The Balaban J connectivity index is 2.38. The highest BCUT2D eigenvalue weighted by Gasteiger charge is 2.12. The Morgan fingerprint density at radius 2 is 2.06 bits per heavy atom. The zero-order chi connectivity index (χ0) is 13.1. The van der Waals surface area contributed by atoms with Crippen molar-refractivity contribution < 1.29 is 14.3 Å². The van der Waals surface area contributed by atoms with Crippen LogP contribution < -0.4 is 11.5 Å². The van der Waals surface area contributed by atoms with Crippen molar-refractivity contribution in [2.45, 2.75) is 0 Å². The number of esters is 2. The van der Waals surface area contributed by atoms with E-state index in [1.165, 1.54) is 6.07 Å². The third kappa shape index (κ3) is 2.28. The molecule has 0 fully saturated rings. The van der Waals surface area contributed by atoms with E-state index < -0.39 is 11.9 Å². The predicted molar refractivity (Wildman–Crippen MR) is 65.6 cm³/mol. The number of carbonyl (C=O) groups excluding carboxylic acids is 2. The number of nitrogens with zero attached hydrogens (tertiary/aromatic N) is 1. The molecule has 0 radical (unpaired) electrons. The number of fused-ring (bicyclic) bond motifs is 1. The van der Waals surface area contributed by atoms with Crippen molar-refractivity contribution in [3.8, 4) is 0 Å². The van der Waals surface area contributed by atoms with E-state index in [0.717, 1.165) is 5.39 Å². The Morgan fingerprint density at radius 3 is 2.78 bits per heavy atom. The minimum absolute atomic E-state index is 0.226. The molecule has 0 aliphatic carbocycles. The summed E-state index contributed by atoms with van der Waals surface area (Å²) in [5, 5.41) is 1.48. The lowest BCUT2D eigenvalue weighted by Crippen LogP contribution is -2.20. The van der Waals surface area contributed by atoms with Crippen molar-refractivity contribution in [1.29, 1.82) is 0 Å². The molecule has 0 aliphatic heterocycles. The van der Waals surface area contributed by atoms with E-state index in [1.807, 2.05) is 0 Å². The average Bonchev–Trinajstić information content (AvgIpc) is 2.38. The fourth-order valence-corrected chi connectivity index (χ4v) is 1.52. The molecule has 0 unspecified atom stereocenters. The van der Waals surface area contributed by atoms with Gasteiger partial charge in [0.1, 0.15) is 5.82 Å². The average molecular weight is 245 g/mol. The number of carbonyl (C=O) groups is 2. The van der Waals surface area contributed by atoms with Gasteiger partial charge in [-0.3, -0.25) is 4.79 Å². The standard InChI is InChI=1S/C12H11N3O3/c13-6-10(16)18-12(17)8-2-1-7-3-4-15-11(14)9(7)5-8/h1-5H,6,13H2,(H2,14,15). The summed E-state index contributed by atoms with van der Waals surface area (Å²) in [6.07, 6.45) is 1.58. The molecule has 4 N–H and O–H groups in total. The third-order valence-corrected chi connectivity index (χ3v) is 2.41. The number of nitrogens with two attached hydrogens (primary N) is 2. The van der Waals surface area contributed by atoms with E-state index in [9.17, 15) is 9.59 Å². The lowest BCUT2D eigenvalue weighted by atomic mass is 10.1. The van der Waals surface area contributed by atoms with Crippen LogP contribution in [0.15, 0.2) is 30.5 Å². The molecule has 6 heteroatoms. The maximum atomic E-state index is 11.6. The van der Waals surface area contributed by atoms with Crippen LogP contribution in [0.4, 0.5) is 5.82 Å². The molecule has 92 valence electrons. The van der Waals surface area contributed by atoms with Gasteiger partial charge in [0, 0.05) is 11.6 Å². The lowest BCUT2D eigenvalue weighted by Gasteiger charge is -2.04. The van der Waals surface area contributed by atoms with Crippen molar-refractivity contribution in [3.05, 3.63) is 36.0 Å². The van der Waals surface area contributed by atoms with E-state index in [1.54, 1.807) is 24.4 Å². The van der Waals surface area contributed by atoms with E-state index in [0.29, 0.717) is 11.2 Å². The summed E-state index contributed by atoms with van der Waals surface area (Å²) < 4.78 is 4.51. The van der Waals surface area contributed by atoms with Crippen molar-refractivity contribution in [2.75, 3.05) is 12.3 Å². The van der Waals surface area contributed by atoms with Crippen LogP contribution >= 0.6 is 0 Å². The Labute approximate surface area is 103 Å². The van der Waals surface area contributed by atoms with Gasteiger partial charge in [0.25, 0.3) is 0 Å². The van der Waals surface area contributed by atoms with Crippen LogP contribution in [0.2, 0.25) is 0 Å². The summed E-state index contributed by atoms with van der Waals surface area (Å²) in [6.45, 7) is -0.344. The molecule has 6 nitrogen and oxygen atoms in total. The first-order valence-corrected chi connectivity index (χ1v) is 5.21. The first-order valence-electron chi connectivity index (χ1n) is 5.21. The number of anilines is 1. The summed E-state index contributed by atoms with van der Waals surface area (Å²) in [7, 11) is 0. The molecule has 0 bridgehead atoms. The molecule has 2 rings (SSSR count). The first-order chi connectivity index (χ1) is 8.61. The summed E-state index contributed by atoms with van der Waals surface area (Å²) in [4.78, 5) is 26.5. The highest BCUT2D eigenvalue weighted by Crippen LogP contribution is 2.20. The SMILES string of the molecule is NCC(=O)OC(=O)c1ccc2ccnc(N)c2c1. The molecule has 2 aromatic rings. The molecule has 0 aliphatic rings. The Bertz CT molecular complexity index is 625. The van der Waals surface area contributed by atoms with Crippen LogP contribution in [0, 0.1) is 0 Å². The van der Waals surface area contributed by atoms with Crippen molar-refractivity contribution in [2.24, 2.45) is 5.73 Å². The van der Waals surface area contributed by atoms with Gasteiger partial charge in [0.2, 0.25) is 0 Å². The minimum Gasteiger partial charge on any atom is -0.388 e. The van der Waals surface area contributed by atoms with Gasteiger partial charge >= 0.3 is 11.9 Å². The van der Waals surface area contributed by atoms with Gasteiger partial charge in [-0.2, -0.15) is 0 Å². The van der Waals surface area contributed by atoms with Gasteiger partial charge in [0.05, 0.1) is 12.1 Å². The number of benzene rings is 1. The van der Waals surface area contributed by atoms with Gasteiger partial charge in [-0.05, 0) is 23.6 Å². The minimum atomic E-state index is -0.778. The molecule has 1 aromatic heterocycles. The number of hydrogen-bond acceptors (Lipinski definition) is 6. The number of nitrogen functional groups attached to an aromatic ring is 1. The number of hydrogen-bond donors (Lipinski definition) is 2. The topological polar surface area (TPSA) is 108 Å². The van der Waals surface area contributed by atoms with Crippen molar-refractivity contribution in [1.82, 2.24) is 4.98 Å². The molecule has 1 aromatic carbocycles. The normalized spacial score (nSPS) is 10.3. The van der Waals surface area contributed by atoms with Gasteiger partial charge in [-0.25, -0.2) is 9.78 Å². The Kier molecular flexibility index (Phi) is 3.20. The zero-order valence-electron chi connectivity index (χ0n) is 9.42. The first kappa shape index (κ1) is 12.0. The second-order valence-corrected chi connectivity index (χ2v) is 3.60. The number of aromatic nitrogens is 1. The van der Waals surface area contributed by atoms with Crippen LogP contribution in [0.25, 0.3) is 10.8 Å². The largest absolute Gasteiger partial charge is 0.388 e. The molecular formula is C12H11N3O3. The van der Waals surface area contributed by atoms with Crippen LogP contribution in [0.5, 0.6) is 0 Å². The van der Waals surface area contributed by atoms with E-state index >= 15 is 0 Å². The maximum Gasteiger partial charge on any atom is 0.345 e. The van der Waals surface area contributed by atoms with Crippen LogP contribution in [0.1, 0.15) is 10.4 Å². The van der Waals surface area contributed by atoms with Crippen LogP contribution in [0.3, 0.4) is 0 Å². The summed E-state index contributed by atoms with van der Waals surface area (Å²) >= 11 is 0. The van der Waals surface area contributed by atoms with Crippen molar-refractivity contribution in [3.63, 3.8) is 0 Å². The van der Waals surface area contributed by atoms with Gasteiger partial charge < -0.3 is 16.2 Å². The summed E-state index contributed by atoms with van der Waals surface area (Å²) in [5.74, 6) is -1.22. The highest BCUT2D eigenvalue weighted by atomic mass is 16.6. The number of rotatable bonds is 2. The molecule has 0 spiro atoms. The molecule has 0 saturated heterocycles. The lowest BCUT2D eigenvalue weighted by molar-refractivity contribution is -0.136.